The Morgan fingerprint density at radius 2 is 2.14 bits per heavy atom. The molecule has 0 radical (unpaired) electrons. The first kappa shape index (κ1) is 10.4. The summed E-state index contributed by atoms with van der Waals surface area (Å²) in [6, 6.07) is 0. The third kappa shape index (κ3) is 1.80. The molecular weight excluding hydrogens is 182 g/mol. The molecule has 2 rings (SSSR count). The highest BCUT2D eigenvalue weighted by molar-refractivity contribution is 4.95. The summed E-state index contributed by atoms with van der Waals surface area (Å²) < 4.78 is 11.0. The highest BCUT2D eigenvalue weighted by Crippen LogP contribution is 2.30. The van der Waals surface area contributed by atoms with Crippen LogP contribution in [0.3, 0.4) is 0 Å². The first-order valence-corrected chi connectivity index (χ1v) is 5.28. The molecule has 0 aliphatic carbocycles. The minimum Gasteiger partial charge on any atom is -0.394 e. The number of hydrogen-bond donors (Lipinski definition) is 1. The fourth-order valence-corrected chi connectivity index (χ4v) is 2.32. The van der Waals surface area contributed by atoms with Gasteiger partial charge in [0, 0.05) is 25.3 Å². The highest BCUT2D eigenvalue weighted by Gasteiger charge is 2.41. The third-order valence-electron chi connectivity index (χ3n) is 3.50. The molecule has 0 saturated carbocycles. The second-order valence-corrected chi connectivity index (χ2v) is 4.33. The van der Waals surface area contributed by atoms with Crippen molar-refractivity contribution in [1.29, 1.82) is 0 Å². The Kier molecular flexibility index (Phi) is 3.07. The lowest BCUT2D eigenvalue weighted by Crippen LogP contribution is -2.60. The van der Waals surface area contributed by atoms with E-state index >= 15 is 0 Å². The topological polar surface area (TPSA) is 41.9 Å². The predicted octanol–water partition coefficient (Wildman–Crippen LogP) is -0.142. The van der Waals surface area contributed by atoms with E-state index in [0.717, 1.165) is 39.2 Å². The summed E-state index contributed by atoms with van der Waals surface area (Å²) >= 11 is 0. The predicted molar refractivity (Wildman–Crippen MR) is 52.2 cm³/mol. The van der Waals surface area contributed by atoms with Gasteiger partial charge in [0.15, 0.2) is 0 Å². The second kappa shape index (κ2) is 4.14. The number of aliphatic hydroxyl groups is 1. The van der Waals surface area contributed by atoms with Crippen LogP contribution in [0, 0.1) is 0 Å². The van der Waals surface area contributed by atoms with Crippen LogP contribution in [0.2, 0.25) is 0 Å². The van der Waals surface area contributed by atoms with Crippen LogP contribution in [0.4, 0.5) is 0 Å². The number of aliphatic hydroxyl groups excluding tert-OH is 1. The molecule has 2 saturated heterocycles. The molecule has 1 unspecified atom stereocenters. The maximum atomic E-state index is 9.02. The van der Waals surface area contributed by atoms with Gasteiger partial charge in [0.05, 0.1) is 19.3 Å². The average Bonchev–Trinajstić information content (AvgIpc) is 2.24. The second-order valence-electron chi connectivity index (χ2n) is 4.33. The van der Waals surface area contributed by atoms with Crippen molar-refractivity contribution in [2.24, 2.45) is 0 Å². The van der Waals surface area contributed by atoms with Gasteiger partial charge in [-0.15, -0.1) is 0 Å². The zero-order chi connectivity index (χ0) is 10.0. The molecular formula is C10H19NO3. The van der Waals surface area contributed by atoms with Gasteiger partial charge < -0.3 is 14.6 Å². The SMILES string of the molecule is CN1CC(CO)OCC12CCOCC2. The van der Waals surface area contributed by atoms with Crippen LogP contribution in [0.15, 0.2) is 0 Å². The third-order valence-corrected chi connectivity index (χ3v) is 3.50. The number of rotatable bonds is 1. The first-order valence-electron chi connectivity index (χ1n) is 5.28. The summed E-state index contributed by atoms with van der Waals surface area (Å²) in [5.74, 6) is 0. The Morgan fingerprint density at radius 3 is 2.71 bits per heavy atom. The number of hydrogen-bond acceptors (Lipinski definition) is 4. The van der Waals surface area contributed by atoms with Gasteiger partial charge in [-0.1, -0.05) is 0 Å². The van der Waals surface area contributed by atoms with E-state index in [-0.39, 0.29) is 18.2 Å². The van der Waals surface area contributed by atoms with Crippen molar-refractivity contribution in [3.05, 3.63) is 0 Å². The van der Waals surface area contributed by atoms with Crippen LogP contribution in [0.5, 0.6) is 0 Å². The van der Waals surface area contributed by atoms with Gasteiger partial charge in [-0.2, -0.15) is 0 Å². The lowest BCUT2D eigenvalue weighted by Gasteiger charge is -2.49. The Balaban J connectivity index is 1.99. The van der Waals surface area contributed by atoms with Crippen molar-refractivity contribution in [3.8, 4) is 0 Å². The molecule has 1 spiro atoms. The van der Waals surface area contributed by atoms with E-state index in [1.807, 2.05) is 0 Å². The van der Waals surface area contributed by atoms with E-state index < -0.39 is 0 Å². The van der Waals surface area contributed by atoms with Crippen LogP contribution >= 0.6 is 0 Å². The van der Waals surface area contributed by atoms with Crippen molar-refractivity contribution in [2.75, 3.05) is 40.0 Å². The van der Waals surface area contributed by atoms with E-state index in [2.05, 4.69) is 11.9 Å². The van der Waals surface area contributed by atoms with Gasteiger partial charge in [0.1, 0.15) is 0 Å². The largest absolute Gasteiger partial charge is 0.394 e. The molecule has 2 aliphatic rings. The first-order chi connectivity index (χ1) is 6.77. The van der Waals surface area contributed by atoms with E-state index in [4.69, 9.17) is 14.6 Å². The molecule has 0 bridgehead atoms. The van der Waals surface area contributed by atoms with Crippen molar-refractivity contribution in [1.82, 2.24) is 4.90 Å². The van der Waals surface area contributed by atoms with E-state index in [1.54, 1.807) is 0 Å². The standard InChI is InChI=1S/C10H19NO3/c1-11-6-9(7-12)14-8-10(11)2-4-13-5-3-10/h9,12H,2-8H2,1H3. The molecule has 2 fully saturated rings. The van der Waals surface area contributed by atoms with Crippen LogP contribution in [0.1, 0.15) is 12.8 Å². The summed E-state index contributed by atoms with van der Waals surface area (Å²) in [5.41, 5.74) is 0.171. The maximum absolute atomic E-state index is 9.02. The van der Waals surface area contributed by atoms with Gasteiger partial charge in [-0.05, 0) is 19.9 Å². The Bertz CT molecular complexity index is 192. The number of nitrogens with zero attached hydrogens (tertiary/aromatic N) is 1. The molecule has 1 atom stereocenters. The van der Waals surface area contributed by atoms with Crippen molar-refractivity contribution >= 4 is 0 Å². The molecule has 2 heterocycles. The molecule has 14 heavy (non-hydrogen) atoms. The summed E-state index contributed by atoms with van der Waals surface area (Å²) in [5, 5.41) is 9.02. The molecule has 4 heteroatoms. The smallest absolute Gasteiger partial charge is 0.0933 e. The minimum atomic E-state index is -0.00605. The zero-order valence-electron chi connectivity index (χ0n) is 8.74. The molecule has 1 N–H and O–H groups in total. The van der Waals surface area contributed by atoms with Gasteiger partial charge in [-0.3, -0.25) is 4.90 Å². The summed E-state index contributed by atoms with van der Waals surface area (Å²) in [6.45, 7) is 3.35. The van der Waals surface area contributed by atoms with Gasteiger partial charge >= 0.3 is 0 Å². The molecule has 82 valence electrons. The van der Waals surface area contributed by atoms with E-state index in [9.17, 15) is 0 Å². The molecule has 4 nitrogen and oxygen atoms in total. The van der Waals surface area contributed by atoms with Crippen molar-refractivity contribution in [3.63, 3.8) is 0 Å². The van der Waals surface area contributed by atoms with Gasteiger partial charge in [0.25, 0.3) is 0 Å². The minimum absolute atomic E-state index is 0.00605. The lowest BCUT2D eigenvalue weighted by molar-refractivity contribution is -0.145. The van der Waals surface area contributed by atoms with Gasteiger partial charge in [0.2, 0.25) is 0 Å². The van der Waals surface area contributed by atoms with Crippen LogP contribution in [-0.4, -0.2) is 61.7 Å². The van der Waals surface area contributed by atoms with Crippen molar-refractivity contribution < 1.29 is 14.6 Å². The lowest BCUT2D eigenvalue weighted by atomic mass is 9.87. The van der Waals surface area contributed by atoms with Crippen LogP contribution in [-0.2, 0) is 9.47 Å². The molecule has 0 aromatic carbocycles. The quantitative estimate of drug-likeness (QED) is 0.641. The summed E-state index contributed by atoms with van der Waals surface area (Å²) in [4.78, 5) is 2.33. The zero-order valence-corrected chi connectivity index (χ0v) is 8.74. The number of morpholine rings is 1. The van der Waals surface area contributed by atoms with E-state index in [0.29, 0.717) is 0 Å². The van der Waals surface area contributed by atoms with E-state index in [1.165, 1.54) is 0 Å². The number of likely N-dealkylation sites (N-methyl/N-ethyl adjacent to an activating group) is 1. The van der Waals surface area contributed by atoms with Crippen molar-refractivity contribution in [2.45, 2.75) is 24.5 Å². The normalized spacial score (nSPS) is 33.4. The molecule has 0 aromatic heterocycles. The molecule has 2 aliphatic heterocycles. The molecule has 0 aromatic rings. The van der Waals surface area contributed by atoms with Crippen LogP contribution < -0.4 is 0 Å². The Hall–Kier alpha value is -0.160. The Morgan fingerprint density at radius 1 is 1.43 bits per heavy atom. The van der Waals surface area contributed by atoms with Gasteiger partial charge in [-0.25, -0.2) is 0 Å². The van der Waals surface area contributed by atoms with Crippen LogP contribution in [0.25, 0.3) is 0 Å². The fraction of sp³-hybridized carbons (Fsp3) is 1.00. The average molecular weight is 201 g/mol. The maximum Gasteiger partial charge on any atom is 0.0933 e. The highest BCUT2D eigenvalue weighted by atomic mass is 16.5. The monoisotopic (exact) mass is 201 g/mol. The fourth-order valence-electron chi connectivity index (χ4n) is 2.32. The summed E-state index contributed by atoms with van der Waals surface area (Å²) in [6.07, 6.45) is 2.08. The summed E-state index contributed by atoms with van der Waals surface area (Å²) in [7, 11) is 2.12. The molecule has 0 amide bonds. The Labute approximate surface area is 84.8 Å². The number of ether oxygens (including phenoxy) is 2.